The quantitative estimate of drug-likeness (QED) is 0.639. The van der Waals surface area contributed by atoms with E-state index in [4.69, 9.17) is 5.73 Å². The summed E-state index contributed by atoms with van der Waals surface area (Å²) in [6.45, 7) is 8.20. The second-order valence-corrected chi connectivity index (χ2v) is 6.09. The molecule has 106 valence electrons. The maximum atomic E-state index is 5.82. The molecule has 2 rings (SSSR count). The molecule has 0 aliphatic carbocycles. The molecule has 1 atom stereocenters. The van der Waals surface area contributed by atoms with E-state index in [1.807, 2.05) is 11.3 Å². The highest BCUT2D eigenvalue weighted by atomic mass is 32.1. The van der Waals surface area contributed by atoms with E-state index in [0.717, 1.165) is 32.6 Å². The maximum absolute atomic E-state index is 5.82. The van der Waals surface area contributed by atoms with E-state index < -0.39 is 0 Å². The highest BCUT2D eigenvalue weighted by Gasteiger charge is 2.21. The summed E-state index contributed by atoms with van der Waals surface area (Å²) in [5.41, 5.74) is 7.31. The molecule has 0 bridgehead atoms. The van der Waals surface area contributed by atoms with E-state index in [9.17, 15) is 0 Å². The monoisotopic (exact) mass is 280 g/mol. The van der Waals surface area contributed by atoms with Gasteiger partial charge in [-0.3, -0.25) is 9.89 Å². The molecule has 1 aliphatic rings. The van der Waals surface area contributed by atoms with Crippen LogP contribution in [0.15, 0.2) is 16.4 Å². The molecule has 1 aliphatic heterocycles. The number of thiophene rings is 1. The van der Waals surface area contributed by atoms with Crippen molar-refractivity contribution in [2.24, 2.45) is 10.7 Å². The Balaban J connectivity index is 1.83. The number of nitrogens with one attached hydrogen (secondary N) is 1. The van der Waals surface area contributed by atoms with E-state index in [1.165, 1.54) is 12.0 Å². The number of nitrogens with zero attached hydrogens (tertiary/aromatic N) is 2. The lowest BCUT2D eigenvalue weighted by atomic mass is 10.1. The second-order valence-electron chi connectivity index (χ2n) is 5.09. The molecule has 0 saturated heterocycles. The van der Waals surface area contributed by atoms with Crippen molar-refractivity contribution in [1.82, 2.24) is 10.2 Å². The average molecular weight is 280 g/mol. The van der Waals surface area contributed by atoms with Crippen LogP contribution in [0.25, 0.3) is 0 Å². The van der Waals surface area contributed by atoms with Crippen molar-refractivity contribution in [2.75, 3.05) is 19.6 Å². The van der Waals surface area contributed by atoms with Gasteiger partial charge in [0.2, 0.25) is 0 Å². The molecule has 0 saturated carbocycles. The number of rotatable bonds is 5. The molecule has 0 spiro atoms. The van der Waals surface area contributed by atoms with Gasteiger partial charge in [0.15, 0.2) is 5.96 Å². The molecule has 4 nitrogen and oxygen atoms in total. The van der Waals surface area contributed by atoms with Gasteiger partial charge in [-0.05, 0) is 36.8 Å². The van der Waals surface area contributed by atoms with E-state index in [1.54, 1.807) is 4.88 Å². The van der Waals surface area contributed by atoms with Crippen molar-refractivity contribution in [2.45, 2.75) is 39.3 Å². The van der Waals surface area contributed by atoms with E-state index in [0.29, 0.717) is 12.0 Å². The average Bonchev–Trinajstić information content (AvgIpc) is 2.89. The Morgan fingerprint density at radius 1 is 1.63 bits per heavy atom. The molecule has 3 N–H and O–H groups in total. The van der Waals surface area contributed by atoms with Gasteiger partial charge in [0, 0.05) is 30.6 Å². The fourth-order valence-corrected chi connectivity index (χ4v) is 3.19. The van der Waals surface area contributed by atoms with Gasteiger partial charge in [0.25, 0.3) is 0 Å². The number of hydrogen-bond acceptors (Lipinski definition) is 3. The van der Waals surface area contributed by atoms with E-state index >= 15 is 0 Å². The summed E-state index contributed by atoms with van der Waals surface area (Å²) in [5, 5.41) is 5.31. The highest BCUT2D eigenvalue weighted by molar-refractivity contribution is 7.10. The molecule has 2 heterocycles. The molecule has 1 aromatic heterocycles. The first kappa shape index (κ1) is 14.3. The van der Waals surface area contributed by atoms with Crippen molar-refractivity contribution in [3.8, 4) is 0 Å². The second kappa shape index (κ2) is 6.91. The standard InChI is InChI=1S/C14H24N4S/c1-3-6-16-14(15)17-9-11(2)18-7-4-13-12(10-18)5-8-19-13/h5,8,11H,3-4,6-7,9-10H2,1-2H3,(H3,15,16,17). The lowest BCUT2D eigenvalue weighted by Gasteiger charge is -2.31. The first-order valence-corrected chi connectivity index (χ1v) is 7.91. The van der Waals surface area contributed by atoms with Crippen LogP contribution in [0.1, 0.15) is 30.7 Å². The van der Waals surface area contributed by atoms with Gasteiger partial charge in [-0.25, -0.2) is 0 Å². The Morgan fingerprint density at radius 2 is 2.47 bits per heavy atom. The highest BCUT2D eigenvalue weighted by Crippen LogP contribution is 2.25. The predicted molar refractivity (Wildman–Crippen MR) is 82.7 cm³/mol. The third-order valence-corrected chi connectivity index (χ3v) is 4.57. The molecule has 0 fully saturated rings. The Labute approximate surface area is 119 Å². The van der Waals surface area contributed by atoms with Crippen molar-refractivity contribution < 1.29 is 0 Å². The van der Waals surface area contributed by atoms with Gasteiger partial charge in [-0.1, -0.05) is 6.92 Å². The minimum Gasteiger partial charge on any atom is -0.370 e. The first-order valence-electron chi connectivity index (χ1n) is 7.03. The number of nitrogens with two attached hydrogens (primary N) is 1. The smallest absolute Gasteiger partial charge is 0.188 e. The van der Waals surface area contributed by atoms with Gasteiger partial charge >= 0.3 is 0 Å². The van der Waals surface area contributed by atoms with Crippen LogP contribution in [0, 0.1) is 0 Å². The summed E-state index contributed by atoms with van der Waals surface area (Å²) in [5.74, 6) is 0.571. The lowest BCUT2D eigenvalue weighted by molar-refractivity contribution is 0.197. The lowest BCUT2D eigenvalue weighted by Crippen LogP contribution is -2.40. The molecular weight excluding hydrogens is 256 g/mol. The van der Waals surface area contributed by atoms with Crippen LogP contribution in [-0.2, 0) is 13.0 Å². The number of fused-ring (bicyclic) bond motifs is 1. The van der Waals surface area contributed by atoms with E-state index in [-0.39, 0.29) is 0 Å². The van der Waals surface area contributed by atoms with Gasteiger partial charge in [0.05, 0.1) is 6.54 Å². The topological polar surface area (TPSA) is 53.6 Å². The van der Waals surface area contributed by atoms with Crippen LogP contribution in [0.3, 0.4) is 0 Å². The molecule has 0 amide bonds. The van der Waals surface area contributed by atoms with Gasteiger partial charge in [-0.15, -0.1) is 11.3 Å². The molecular formula is C14H24N4S. The summed E-state index contributed by atoms with van der Waals surface area (Å²) in [4.78, 5) is 8.47. The summed E-state index contributed by atoms with van der Waals surface area (Å²) in [6, 6.07) is 2.69. The summed E-state index contributed by atoms with van der Waals surface area (Å²) >= 11 is 1.88. The number of aliphatic imine (C=N–C) groups is 1. The molecule has 5 heteroatoms. The zero-order chi connectivity index (χ0) is 13.7. The minimum atomic E-state index is 0.440. The van der Waals surface area contributed by atoms with Gasteiger partial charge in [0.1, 0.15) is 0 Å². The Hall–Kier alpha value is -1.07. The van der Waals surface area contributed by atoms with Crippen LogP contribution in [0.2, 0.25) is 0 Å². The SMILES string of the molecule is CCCNC(N)=NCC(C)N1CCc2sccc2C1. The molecule has 1 unspecified atom stereocenters. The summed E-state index contributed by atoms with van der Waals surface area (Å²) in [7, 11) is 0. The Morgan fingerprint density at radius 3 is 3.26 bits per heavy atom. The fourth-order valence-electron chi connectivity index (χ4n) is 2.30. The zero-order valence-corrected chi connectivity index (χ0v) is 12.7. The normalized spacial score (nSPS) is 18.1. The third-order valence-electron chi connectivity index (χ3n) is 3.54. The van der Waals surface area contributed by atoms with Crippen LogP contribution in [0.4, 0.5) is 0 Å². The summed E-state index contributed by atoms with van der Waals surface area (Å²) in [6.07, 6.45) is 2.24. The molecule has 0 radical (unpaired) electrons. The Bertz CT molecular complexity index is 427. The third kappa shape index (κ3) is 3.94. The van der Waals surface area contributed by atoms with Crippen molar-refractivity contribution in [3.63, 3.8) is 0 Å². The first-order chi connectivity index (χ1) is 9.20. The van der Waals surface area contributed by atoms with Crippen LogP contribution >= 0.6 is 11.3 Å². The van der Waals surface area contributed by atoms with Crippen LogP contribution < -0.4 is 11.1 Å². The zero-order valence-electron chi connectivity index (χ0n) is 11.9. The van der Waals surface area contributed by atoms with Crippen molar-refractivity contribution in [3.05, 3.63) is 21.9 Å². The number of hydrogen-bond donors (Lipinski definition) is 2. The maximum Gasteiger partial charge on any atom is 0.188 e. The van der Waals surface area contributed by atoms with Gasteiger partial charge < -0.3 is 11.1 Å². The number of guanidine groups is 1. The minimum absolute atomic E-state index is 0.440. The van der Waals surface area contributed by atoms with Crippen molar-refractivity contribution in [1.29, 1.82) is 0 Å². The summed E-state index contributed by atoms with van der Waals surface area (Å²) < 4.78 is 0. The molecule has 0 aromatic carbocycles. The molecule has 19 heavy (non-hydrogen) atoms. The van der Waals surface area contributed by atoms with Crippen LogP contribution in [0.5, 0.6) is 0 Å². The Kier molecular flexibility index (Phi) is 5.22. The predicted octanol–water partition coefficient (Wildman–Crippen LogP) is 1.81. The van der Waals surface area contributed by atoms with Crippen LogP contribution in [-0.4, -0.2) is 36.5 Å². The van der Waals surface area contributed by atoms with E-state index in [2.05, 4.69) is 40.5 Å². The largest absolute Gasteiger partial charge is 0.370 e. The van der Waals surface area contributed by atoms with Crippen molar-refractivity contribution >= 4 is 17.3 Å². The molecule has 1 aromatic rings. The fraction of sp³-hybridized carbons (Fsp3) is 0.643. The van der Waals surface area contributed by atoms with Gasteiger partial charge in [-0.2, -0.15) is 0 Å².